The number of halogens is 1. The van der Waals surface area contributed by atoms with Crippen LogP contribution in [0.1, 0.15) is 5.56 Å². The van der Waals surface area contributed by atoms with Gasteiger partial charge >= 0.3 is 0 Å². The minimum Gasteiger partial charge on any atom is -0.483 e. The van der Waals surface area contributed by atoms with Gasteiger partial charge in [0.15, 0.2) is 6.61 Å². The van der Waals surface area contributed by atoms with Crippen LogP contribution in [0.2, 0.25) is 0 Å². The van der Waals surface area contributed by atoms with Gasteiger partial charge in [-0.3, -0.25) is 4.79 Å². The number of carbonyl (C=O) groups excluding carboxylic acids is 1. The van der Waals surface area contributed by atoms with E-state index in [9.17, 15) is 9.18 Å². The van der Waals surface area contributed by atoms with Crippen molar-refractivity contribution in [2.24, 2.45) is 0 Å². The molecule has 0 saturated heterocycles. The molecule has 25 heavy (non-hydrogen) atoms. The third-order valence-corrected chi connectivity index (χ3v) is 3.48. The van der Waals surface area contributed by atoms with Crippen LogP contribution in [-0.4, -0.2) is 22.1 Å². The maximum absolute atomic E-state index is 13.1. The number of nitrogens with zero attached hydrogens (tertiary/aromatic N) is 2. The topological polar surface area (TPSA) is 56.1 Å². The largest absolute Gasteiger partial charge is 0.483 e. The van der Waals surface area contributed by atoms with E-state index in [0.717, 1.165) is 5.56 Å². The quantitative estimate of drug-likeness (QED) is 0.748. The summed E-state index contributed by atoms with van der Waals surface area (Å²) < 4.78 is 20.5. The Balaban J connectivity index is 1.67. The number of hydrogen-bond acceptors (Lipinski definition) is 3. The number of carbonyl (C=O) groups is 1. The van der Waals surface area contributed by atoms with Gasteiger partial charge in [0.2, 0.25) is 0 Å². The molecule has 0 bridgehead atoms. The van der Waals surface area contributed by atoms with Gasteiger partial charge in [-0.05, 0) is 30.3 Å². The van der Waals surface area contributed by atoms with Gasteiger partial charge in [0.25, 0.3) is 5.91 Å². The van der Waals surface area contributed by atoms with Crippen molar-refractivity contribution in [3.8, 4) is 5.75 Å². The summed E-state index contributed by atoms with van der Waals surface area (Å²) in [5.74, 6) is -0.273. The van der Waals surface area contributed by atoms with Gasteiger partial charge < -0.3 is 14.6 Å². The first-order valence-electron chi connectivity index (χ1n) is 7.58. The second-order valence-electron chi connectivity index (χ2n) is 5.26. The van der Waals surface area contributed by atoms with Crippen LogP contribution < -0.4 is 10.1 Å². The number of imidazole rings is 1. The van der Waals surface area contributed by atoms with Gasteiger partial charge in [-0.1, -0.05) is 24.8 Å². The first-order chi connectivity index (χ1) is 12.1. The van der Waals surface area contributed by atoms with Crippen molar-refractivity contribution >= 4 is 17.3 Å². The molecule has 3 aromatic rings. The van der Waals surface area contributed by atoms with Crippen LogP contribution in [-0.2, 0) is 4.79 Å². The lowest BCUT2D eigenvalue weighted by atomic mass is 10.1. The molecule has 0 saturated carbocycles. The molecule has 1 amide bonds. The fraction of sp³-hybridized carbons (Fsp3) is 0.0526. The van der Waals surface area contributed by atoms with Crippen LogP contribution in [0, 0.1) is 5.82 Å². The van der Waals surface area contributed by atoms with Crippen LogP contribution in [0.4, 0.5) is 10.1 Å². The Morgan fingerprint density at radius 1 is 1.24 bits per heavy atom. The van der Waals surface area contributed by atoms with Crippen LogP contribution in [0.3, 0.4) is 0 Å². The lowest BCUT2D eigenvalue weighted by Gasteiger charge is -2.13. The minimum atomic E-state index is -0.416. The van der Waals surface area contributed by atoms with Gasteiger partial charge in [0, 0.05) is 23.6 Å². The summed E-state index contributed by atoms with van der Waals surface area (Å²) >= 11 is 0. The molecule has 1 aromatic heterocycles. The molecule has 1 N–H and O–H groups in total. The van der Waals surface area contributed by atoms with Crippen LogP contribution in [0.5, 0.6) is 5.75 Å². The van der Waals surface area contributed by atoms with E-state index in [1.54, 1.807) is 35.4 Å². The zero-order chi connectivity index (χ0) is 17.6. The molecular weight excluding hydrogens is 321 g/mol. The normalized spacial score (nSPS) is 10.3. The molecule has 0 aliphatic heterocycles. The highest BCUT2D eigenvalue weighted by Crippen LogP contribution is 2.25. The summed E-state index contributed by atoms with van der Waals surface area (Å²) in [5, 5.41) is 2.59. The van der Waals surface area contributed by atoms with Crippen LogP contribution >= 0.6 is 0 Å². The number of hydrogen-bond donors (Lipinski definition) is 1. The third kappa shape index (κ3) is 4.11. The van der Waals surface area contributed by atoms with Crippen LogP contribution in [0.25, 0.3) is 5.70 Å². The molecule has 5 nitrogen and oxygen atoms in total. The van der Waals surface area contributed by atoms with Crippen molar-refractivity contribution in [2.75, 3.05) is 11.9 Å². The average Bonchev–Trinajstić information content (AvgIpc) is 3.14. The van der Waals surface area contributed by atoms with E-state index in [-0.39, 0.29) is 12.5 Å². The Morgan fingerprint density at radius 2 is 2.08 bits per heavy atom. The highest BCUT2D eigenvalue weighted by molar-refractivity contribution is 5.91. The van der Waals surface area contributed by atoms with Crippen molar-refractivity contribution in [3.63, 3.8) is 0 Å². The molecular formula is C19H16FN3O2. The van der Waals surface area contributed by atoms with E-state index in [1.807, 2.05) is 18.2 Å². The summed E-state index contributed by atoms with van der Waals surface area (Å²) in [5.41, 5.74) is 1.81. The molecule has 0 aliphatic carbocycles. The van der Waals surface area contributed by atoms with Crippen molar-refractivity contribution < 1.29 is 13.9 Å². The zero-order valence-corrected chi connectivity index (χ0v) is 13.4. The van der Waals surface area contributed by atoms with Gasteiger partial charge in [-0.2, -0.15) is 0 Å². The molecule has 0 atom stereocenters. The predicted molar refractivity (Wildman–Crippen MR) is 93.6 cm³/mol. The summed E-state index contributed by atoms with van der Waals surface area (Å²) in [4.78, 5) is 16.0. The van der Waals surface area contributed by atoms with Gasteiger partial charge in [-0.25, -0.2) is 9.37 Å². The molecule has 0 fully saturated rings. The number of benzene rings is 2. The Labute approximate surface area is 144 Å². The predicted octanol–water partition coefficient (Wildman–Crippen LogP) is 3.56. The van der Waals surface area contributed by atoms with E-state index < -0.39 is 5.82 Å². The van der Waals surface area contributed by atoms with E-state index in [0.29, 0.717) is 17.1 Å². The number of para-hydroxylation sites is 1. The highest BCUT2D eigenvalue weighted by atomic mass is 19.1. The van der Waals surface area contributed by atoms with E-state index in [2.05, 4.69) is 16.9 Å². The third-order valence-electron chi connectivity index (χ3n) is 3.48. The molecule has 6 heteroatoms. The molecule has 0 spiro atoms. The second kappa shape index (κ2) is 7.44. The molecule has 0 radical (unpaired) electrons. The number of rotatable bonds is 6. The molecule has 0 aliphatic rings. The first-order valence-corrected chi connectivity index (χ1v) is 7.58. The van der Waals surface area contributed by atoms with Gasteiger partial charge in [0.05, 0.1) is 12.0 Å². The Kier molecular flexibility index (Phi) is 4.89. The van der Waals surface area contributed by atoms with E-state index in [1.165, 1.54) is 18.2 Å². The fourth-order valence-electron chi connectivity index (χ4n) is 2.30. The number of anilines is 1. The lowest BCUT2D eigenvalue weighted by Crippen LogP contribution is -2.20. The number of nitrogens with one attached hydrogen (secondary N) is 1. The van der Waals surface area contributed by atoms with Gasteiger partial charge in [0.1, 0.15) is 11.6 Å². The monoisotopic (exact) mass is 337 g/mol. The van der Waals surface area contributed by atoms with Crippen molar-refractivity contribution in [3.05, 3.63) is 85.2 Å². The molecule has 0 unspecified atom stereocenters. The van der Waals surface area contributed by atoms with Crippen molar-refractivity contribution in [1.29, 1.82) is 0 Å². The Morgan fingerprint density at radius 3 is 2.84 bits per heavy atom. The number of ether oxygens (including phenoxy) is 1. The summed E-state index contributed by atoms with van der Waals surface area (Å²) in [6.45, 7) is 3.83. The smallest absolute Gasteiger partial charge is 0.262 e. The fourth-order valence-corrected chi connectivity index (χ4v) is 2.30. The highest BCUT2D eigenvalue weighted by Gasteiger charge is 2.10. The second-order valence-corrected chi connectivity index (χ2v) is 5.26. The number of aromatic nitrogens is 2. The molecule has 126 valence electrons. The van der Waals surface area contributed by atoms with Crippen molar-refractivity contribution in [2.45, 2.75) is 0 Å². The molecule has 2 aromatic carbocycles. The SMILES string of the molecule is C=C(c1ccccc1OCC(=O)Nc1cccc(F)c1)n1ccnc1. The van der Waals surface area contributed by atoms with Crippen LogP contribution in [0.15, 0.2) is 73.8 Å². The summed E-state index contributed by atoms with van der Waals surface area (Å²) in [7, 11) is 0. The van der Waals surface area contributed by atoms with Gasteiger partial charge in [-0.15, -0.1) is 0 Å². The number of amides is 1. The summed E-state index contributed by atoms with van der Waals surface area (Å²) in [6.07, 6.45) is 5.06. The minimum absolute atomic E-state index is 0.204. The van der Waals surface area contributed by atoms with Crippen molar-refractivity contribution in [1.82, 2.24) is 9.55 Å². The first kappa shape index (κ1) is 16.4. The lowest BCUT2D eigenvalue weighted by molar-refractivity contribution is -0.118. The van der Waals surface area contributed by atoms with E-state index in [4.69, 9.17) is 4.74 Å². The molecule has 3 rings (SSSR count). The van der Waals surface area contributed by atoms with E-state index >= 15 is 0 Å². The maximum atomic E-state index is 13.1. The maximum Gasteiger partial charge on any atom is 0.262 e. The zero-order valence-electron chi connectivity index (χ0n) is 13.4. The average molecular weight is 337 g/mol. The summed E-state index contributed by atoms with van der Waals surface area (Å²) in [6, 6.07) is 13.0. The Bertz CT molecular complexity index is 891. The molecule has 1 heterocycles. The standard InChI is InChI=1S/C19H16FN3O2/c1-14(23-10-9-21-13-23)17-7-2-3-8-18(17)25-12-19(24)22-16-6-4-5-15(20)11-16/h2-11,13H,1,12H2,(H,22,24). The Hall–Kier alpha value is -3.41.